The van der Waals surface area contributed by atoms with Crippen LogP contribution in [0.2, 0.25) is 5.02 Å². The standard InChI is InChI=1S/C13H7ClN4O3Se/c14-8-4-2-1-3-7(8)13(19)15-10-6-5-9-11(17-22-16-9)12(10)18(20)21/h1-6H,(H,15,19). The summed E-state index contributed by atoms with van der Waals surface area (Å²) in [5, 5.41) is 14.1. The maximum absolute atomic E-state index is 12.2. The third-order valence-corrected chi connectivity index (χ3v) is 4.42. The van der Waals surface area contributed by atoms with Gasteiger partial charge in [0.15, 0.2) is 0 Å². The molecule has 0 radical (unpaired) electrons. The number of nitro benzene ring substituents is 1. The van der Waals surface area contributed by atoms with Crippen molar-refractivity contribution in [2.75, 3.05) is 5.32 Å². The molecule has 3 aromatic rings. The Hall–Kier alpha value is -2.28. The van der Waals surface area contributed by atoms with Gasteiger partial charge in [-0.1, -0.05) is 0 Å². The molecule has 0 spiro atoms. The van der Waals surface area contributed by atoms with Gasteiger partial charge in [-0.3, -0.25) is 0 Å². The molecule has 0 bridgehead atoms. The SMILES string of the molecule is O=C(Nc1ccc2n[se]nc2c1[N+](=O)[O-])c1ccccc1Cl. The van der Waals surface area contributed by atoms with Gasteiger partial charge in [-0.25, -0.2) is 0 Å². The Morgan fingerprint density at radius 2 is 2.00 bits per heavy atom. The van der Waals surface area contributed by atoms with E-state index in [-0.39, 0.29) is 27.5 Å². The maximum atomic E-state index is 12.2. The first kappa shape index (κ1) is 14.6. The monoisotopic (exact) mass is 382 g/mol. The number of halogens is 1. The predicted octanol–water partition coefficient (Wildman–Crippen LogP) is 2.50. The van der Waals surface area contributed by atoms with Gasteiger partial charge in [0.2, 0.25) is 0 Å². The zero-order valence-corrected chi connectivity index (χ0v) is 13.3. The van der Waals surface area contributed by atoms with E-state index in [0.717, 1.165) is 0 Å². The molecule has 1 N–H and O–H groups in total. The Morgan fingerprint density at radius 3 is 2.73 bits per heavy atom. The number of hydrogen-bond acceptors (Lipinski definition) is 5. The summed E-state index contributed by atoms with van der Waals surface area (Å²) in [4.78, 5) is 23.0. The van der Waals surface area contributed by atoms with Gasteiger partial charge >= 0.3 is 135 Å². The van der Waals surface area contributed by atoms with Gasteiger partial charge in [-0.2, -0.15) is 0 Å². The van der Waals surface area contributed by atoms with Gasteiger partial charge in [0, 0.05) is 0 Å². The van der Waals surface area contributed by atoms with E-state index in [9.17, 15) is 14.9 Å². The van der Waals surface area contributed by atoms with Gasteiger partial charge in [0.05, 0.1) is 0 Å². The zero-order chi connectivity index (χ0) is 15.7. The van der Waals surface area contributed by atoms with Crippen molar-refractivity contribution in [2.24, 2.45) is 0 Å². The average Bonchev–Trinajstić information content (AvgIpc) is 2.95. The summed E-state index contributed by atoms with van der Waals surface area (Å²) >= 11 is 5.57. The second-order valence-corrected chi connectivity index (χ2v) is 5.80. The molecule has 7 nitrogen and oxygen atoms in total. The number of aromatic nitrogens is 2. The zero-order valence-electron chi connectivity index (χ0n) is 10.8. The molecule has 1 aromatic heterocycles. The molecule has 0 saturated heterocycles. The summed E-state index contributed by atoms with van der Waals surface area (Å²) in [6.45, 7) is 0. The van der Waals surface area contributed by atoms with E-state index in [2.05, 4.69) is 13.3 Å². The molecule has 9 heteroatoms. The summed E-state index contributed by atoms with van der Waals surface area (Å²) in [6.07, 6.45) is 0. The first-order valence-electron chi connectivity index (χ1n) is 6.03. The molecule has 0 aliphatic carbocycles. The van der Waals surface area contributed by atoms with Crippen LogP contribution in [0.1, 0.15) is 10.4 Å². The van der Waals surface area contributed by atoms with E-state index >= 15 is 0 Å². The number of nitrogens with zero attached hydrogens (tertiary/aromatic N) is 3. The quantitative estimate of drug-likeness (QED) is 0.427. The van der Waals surface area contributed by atoms with Crippen LogP contribution >= 0.6 is 11.6 Å². The van der Waals surface area contributed by atoms with Gasteiger partial charge in [-0.15, -0.1) is 0 Å². The summed E-state index contributed by atoms with van der Waals surface area (Å²) in [5.41, 5.74) is 0.751. The molecule has 110 valence electrons. The van der Waals surface area contributed by atoms with Crippen molar-refractivity contribution in [3.05, 3.63) is 57.1 Å². The van der Waals surface area contributed by atoms with E-state index in [0.29, 0.717) is 5.52 Å². The first-order chi connectivity index (χ1) is 10.6. The summed E-state index contributed by atoms with van der Waals surface area (Å²) < 4.78 is 8.15. The van der Waals surface area contributed by atoms with E-state index in [1.165, 1.54) is 6.07 Å². The number of hydrogen-bond donors (Lipinski definition) is 1. The third kappa shape index (κ3) is 2.59. The number of anilines is 1. The van der Waals surface area contributed by atoms with Crippen LogP contribution in [0.3, 0.4) is 0 Å². The molecule has 1 heterocycles. The summed E-state index contributed by atoms with van der Waals surface area (Å²) in [5.74, 6) is -0.519. The van der Waals surface area contributed by atoms with Crippen LogP contribution in [-0.2, 0) is 0 Å². The normalized spacial score (nSPS) is 10.6. The Bertz CT molecular complexity index is 896. The number of carbonyl (C=O) groups is 1. The molecular weight excluding hydrogens is 375 g/mol. The minimum absolute atomic E-state index is 0.0744. The molecule has 0 saturated carbocycles. The molecule has 22 heavy (non-hydrogen) atoms. The average molecular weight is 382 g/mol. The molecule has 0 atom stereocenters. The van der Waals surface area contributed by atoms with Crippen LogP contribution in [0.4, 0.5) is 11.4 Å². The fraction of sp³-hybridized carbons (Fsp3) is 0. The van der Waals surface area contributed by atoms with Gasteiger partial charge in [0.25, 0.3) is 0 Å². The van der Waals surface area contributed by atoms with Gasteiger partial charge in [-0.05, 0) is 0 Å². The Labute approximate surface area is 135 Å². The molecule has 1 amide bonds. The second kappa shape index (κ2) is 5.84. The topological polar surface area (TPSA) is 98.0 Å². The number of carbonyl (C=O) groups excluding carboxylic acids is 1. The summed E-state index contributed by atoms with van der Waals surface area (Å²) in [7, 11) is 0. The number of rotatable bonds is 3. The van der Waals surface area contributed by atoms with Crippen LogP contribution in [-0.4, -0.2) is 33.8 Å². The molecule has 0 unspecified atom stereocenters. The van der Waals surface area contributed by atoms with Crippen molar-refractivity contribution in [1.82, 2.24) is 7.96 Å². The Balaban J connectivity index is 2.04. The minimum atomic E-state index is -0.568. The van der Waals surface area contributed by atoms with Crippen LogP contribution < -0.4 is 5.32 Å². The fourth-order valence-electron chi connectivity index (χ4n) is 1.96. The van der Waals surface area contributed by atoms with Crippen LogP contribution in [0.5, 0.6) is 0 Å². The Kier molecular flexibility index (Phi) is 3.89. The van der Waals surface area contributed by atoms with Crippen LogP contribution in [0.25, 0.3) is 11.0 Å². The van der Waals surface area contributed by atoms with E-state index < -0.39 is 25.8 Å². The van der Waals surface area contributed by atoms with Gasteiger partial charge < -0.3 is 0 Å². The number of nitro groups is 1. The van der Waals surface area contributed by atoms with Crippen molar-refractivity contribution in [3.8, 4) is 0 Å². The van der Waals surface area contributed by atoms with Crippen molar-refractivity contribution >= 4 is 54.9 Å². The number of fused-ring (bicyclic) bond motifs is 1. The van der Waals surface area contributed by atoms with Crippen molar-refractivity contribution in [3.63, 3.8) is 0 Å². The molecule has 0 fully saturated rings. The summed E-state index contributed by atoms with van der Waals surface area (Å²) in [6, 6.07) is 9.52. The van der Waals surface area contributed by atoms with E-state index in [1.807, 2.05) is 0 Å². The van der Waals surface area contributed by atoms with Crippen LogP contribution in [0.15, 0.2) is 36.4 Å². The Morgan fingerprint density at radius 1 is 1.23 bits per heavy atom. The van der Waals surface area contributed by atoms with Crippen molar-refractivity contribution in [1.29, 1.82) is 0 Å². The molecule has 0 aliphatic heterocycles. The third-order valence-electron chi connectivity index (χ3n) is 2.95. The van der Waals surface area contributed by atoms with Crippen LogP contribution in [0, 0.1) is 10.1 Å². The molecule has 3 rings (SSSR count). The van der Waals surface area contributed by atoms with Crippen molar-refractivity contribution < 1.29 is 9.72 Å². The predicted molar refractivity (Wildman–Crippen MR) is 82.5 cm³/mol. The second-order valence-electron chi connectivity index (χ2n) is 4.28. The fourth-order valence-corrected chi connectivity index (χ4v) is 3.31. The molecular formula is C13H7ClN4O3Se. The van der Waals surface area contributed by atoms with E-state index in [1.54, 1.807) is 30.3 Å². The molecule has 0 aliphatic rings. The van der Waals surface area contributed by atoms with Crippen molar-refractivity contribution in [2.45, 2.75) is 0 Å². The first-order valence-corrected chi connectivity index (χ1v) is 7.94. The number of nitrogens with one attached hydrogen (secondary N) is 1. The number of benzene rings is 2. The van der Waals surface area contributed by atoms with Gasteiger partial charge in [0.1, 0.15) is 0 Å². The number of amides is 1. The van der Waals surface area contributed by atoms with E-state index in [4.69, 9.17) is 11.6 Å². The molecule has 2 aromatic carbocycles.